The summed E-state index contributed by atoms with van der Waals surface area (Å²) in [5.41, 5.74) is 4.36. The molecule has 2 N–H and O–H groups in total. The molecule has 4 heterocycles. The highest BCUT2D eigenvalue weighted by Crippen LogP contribution is 2.27. The highest BCUT2D eigenvalue weighted by molar-refractivity contribution is 5.89. The molecule has 0 amide bonds. The van der Waals surface area contributed by atoms with Gasteiger partial charge in [0.25, 0.3) is 0 Å². The molecule has 28 heavy (non-hydrogen) atoms. The lowest BCUT2D eigenvalue weighted by atomic mass is 10.2. The van der Waals surface area contributed by atoms with Crippen LogP contribution in [-0.4, -0.2) is 35.9 Å². The summed E-state index contributed by atoms with van der Waals surface area (Å²) in [7, 11) is 0. The second-order valence-electron chi connectivity index (χ2n) is 6.61. The first kappa shape index (κ1) is 18.0. The van der Waals surface area contributed by atoms with Gasteiger partial charge in [0, 0.05) is 23.8 Å². The van der Waals surface area contributed by atoms with Crippen LogP contribution in [0.4, 0.5) is 15.8 Å². The second kappa shape index (κ2) is 7.32. The summed E-state index contributed by atoms with van der Waals surface area (Å²) in [5, 5.41) is 17.3. The summed E-state index contributed by atoms with van der Waals surface area (Å²) >= 11 is 0. The number of nitrogens with one attached hydrogen (secondary N) is 1. The molecular weight excluding hydrogens is 359 g/mol. The number of aryl methyl sites for hydroxylation is 1. The minimum absolute atomic E-state index is 0.211. The second-order valence-corrected chi connectivity index (χ2v) is 6.61. The van der Waals surface area contributed by atoms with E-state index in [-0.39, 0.29) is 5.69 Å². The van der Waals surface area contributed by atoms with Crippen LogP contribution in [0.3, 0.4) is 0 Å². The number of anilines is 2. The normalized spacial score (nSPS) is 12.3. The van der Waals surface area contributed by atoms with Gasteiger partial charge in [0.05, 0.1) is 30.2 Å². The van der Waals surface area contributed by atoms with Crippen molar-refractivity contribution in [3.63, 3.8) is 0 Å². The topological polar surface area (TPSA) is 88.8 Å². The van der Waals surface area contributed by atoms with Crippen LogP contribution in [0, 0.1) is 12.7 Å². The van der Waals surface area contributed by atoms with E-state index in [0.717, 1.165) is 22.6 Å². The number of aliphatic hydroxyl groups is 1. The van der Waals surface area contributed by atoms with Crippen molar-refractivity contribution in [2.75, 3.05) is 5.32 Å². The Balaban J connectivity index is 1.72. The van der Waals surface area contributed by atoms with Crippen LogP contribution in [0.1, 0.15) is 12.6 Å². The van der Waals surface area contributed by atoms with Gasteiger partial charge >= 0.3 is 0 Å². The number of hydrogen-bond donors (Lipinski definition) is 2. The maximum absolute atomic E-state index is 14.2. The predicted molar refractivity (Wildman–Crippen MR) is 105 cm³/mol. The van der Waals surface area contributed by atoms with Crippen molar-refractivity contribution in [3.8, 4) is 11.4 Å². The Morgan fingerprint density at radius 2 is 2.00 bits per heavy atom. The number of halogens is 1. The fraction of sp³-hybridized carbons (Fsp3) is 0.200. The zero-order chi connectivity index (χ0) is 19.7. The van der Waals surface area contributed by atoms with E-state index in [1.807, 2.05) is 13.0 Å². The molecule has 4 rings (SSSR count). The van der Waals surface area contributed by atoms with Crippen molar-refractivity contribution in [3.05, 3.63) is 60.4 Å². The lowest BCUT2D eigenvalue weighted by Crippen LogP contribution is -2.13. The molecule has 142 valence electrons. The molecule has 0 unspecified atom stereocenters. The molecule has 1 atom stereocenters. The van der Waals surface area contributed by atoms with E-state index in [4.69, 9.17) is 0 Å². The third-order valence-electron chi connectivity index (χ3n) is 4.23. The van der Waals surface area contributed by atoms with Crippen molar-refractivity contribution in [1.29, 1.82) is 0 Å². The Morgan fingerprint density at radius 1 is 1.18 bits per heavy atom. The van der Waals surface area contributed by atoms with Gasteiger partial charge in [0.2, 0.25) is 0 Å². The van der Waals surface area contributed by atoms with Crippen molar-refractivity contribution in [2.45, 2.75) is 26.5 Å². The van der Waals surface area contributed by atoms with Gasteiger partial charge in [-0.25, -0.2) is 9.37 Å². The van der Waals surface area contributed by atoms with Gasteiger partial charge in [-0.1, -0.05) is 0 Å². The predicted octanol–water partition coefficient (Wildman–Crippen LogP) is 3.46. The highest BCUT2D eigenvalue weighted by atomic mass is 19.1. The quantitative estimate of drug-likeness (QED) is 0.553. The Kier molecular flexibility index (Phi) is 4.70. The first-order chi connectivity index (χ1) is 13.5. The highest BCUT2D eigenvalue weighted by Gasteiger charge is 2.13. The number of fused-ring (bicyclic) bond motifs is 1. The molecule has 0 fully saturated rings. The Labute approximate surface area is 160 Å². The molecule has 0 bridgehead atoms. The number of hydrogen-bond acceptors (Lipinski definition) is 6. The SMILES string of the molecule is Cc1ccc(F)c(-c2cc(Nc3ccnc4cnn(C[C@H](C)O)c34)ccn2)n1. The van der Waals surface area contributed by atoms with Crippen LogP contribution in [0.25, 0.3) is 22.4 Å². The number of aliphatic hydroxyl groups excluding tert-OH is 1. The summed E-state index contributed by atoms with van der Waals surface area (Å²) in [5.74, 6) is -0.420. The van der Waals surface area contributed by atoms with Crippen LogP contribution in [0.2, 0.25) is 0 Å². The van der Waals surface area contributed by atoms with E-state index >= 15 is 0 Å². The van der Waals surface area contributed by atoms with Crippen LogP contribution in [0.5, 0.6) is 0 Å². The van der Waals surface area contributed by atoms with Gasteiger partial charge in [-0.15, -0.1) is 0 Å². The lowest BCUT2D eigenvalue weighted by Gasteiger charge is -2.12. The zero-order valence-electron chi connectivity index (χ0n) is 15.5. The molecule has 0 aliphatic heterocycles. The molecule has 0 saturated carbocycles. The van der Waals surface area contributed by atoms with Crippen LogP contribution in [0.15, 0.2) is 48.9 Å². The number of nitrogens with zero attached hydrogens (tertiary/aromatic N) is 5. The summed E-state index contributed by atoms with van der Waals surface area (Å²) in [6.07, 6.45) is 4.40. The molecule has 4 aromatic rings. The lowest BCUT2D eigenvalue weighted by molar-refractivity contribution is 0.170. The molecule has 0 spiro atoms. The Morgan fingerprint density at radius 3 is 2.82 bits per heavy atom. The van der Waals surface area contributed by atoms with E-state index in [2.05, 4.69) is 25.4 Å². The third-order valence-corrected chi connectivity index (χ3v) is 4.23. The Bertz CT molecular complexity index is 1140. The van der Waals surface area contributed by atoms with Crippen molar-refractivity contribution in [1.82, 2.24) is 24.7 Å². The van der Waals surface area contributed by atoms with Crippen LogP contribution < -0.4 is 5.32 Å². The number of pyridine rings is 3. The standard InChI is InChI=1S/C20H19FN6O/c1-12-3-4-15(21)19(25-12)17-9-14(5-7-22-17)26-16-6-8-23-18-10-24-27(20(16)18)11-13(2)28/h3-10,13,28H,11H2,1-2H3,(H,22,23,26)/t13-/m0/s1. The Hall–Kier alpha value is -3.39. The minimum atomic E-state index is -0.543. The van der Waals surface area contributed by atoms with Crippen LogP contribution in [-0.2, 0) is 6.54 Å². The van der Waals surface area contributed by atoms with Gasteiger partial charge in [-0.2, -0.15) is 5.10 Å². The molecule has 0 radical (unpaired) electrons. The fourth-order valence-electron chi connectivity index (χ4n) is 3.02. The molecule has 7 nitrogen and oxygen atoms in total. The molecule has 8 heteroatoms. The number of aromatic nitrogens is 5. The number of rotatable bonds is 5. The molecule has 0 aliphatic rings. The fourth-order valence-corrected chi connectivity index (χ4v) is 3.02. The maximum Gasteiger partial charge on any atom is 0.151 e. The van der Waals surface area contributed by atoms with Crippen molar-refractivity contribution < 1.29 is 9.50 Å². The van der Waals surface area contributed by atoms with Crippen molar-refractivity contribution in [2.24, 2.45) is 0 Å². The van der Waals surface area contributed by atoms with Gasteiger partial charge in [0.15, 0.2) is 5.82 Å². The van der Waals surface area contributed by atoms with E-state index in [0.29, 0.717) is 17.8 Å². The average Bonchev–Trinajstić information content (AvgIpc) is 3.07. The summed E-state index contributed by atoms with van der Waals surface area (Å²) in [6.45, 7) is 3.86. The summed E-state index contributed by atoms with van der Waals surface area (Å²) < 4.78 is 15.9. The summed E-state index contributed by atoms with van der Waals surface area (Å²) in [4.78, 5) is 12.8. The van der Waals surface area contributed by atoms with Crippen molar-refractivity contribution >= 4 is 22.4 Å². The molecule has 0 aliphatic carbocycles. The van der Waals surface area contributed by atoms with E-state index in [1.54, 1.807) is 48.4 Å². The maximum atomic E-state index is 14.2. The largest absolute Gasteiger partial charge is 0.391 e. The van der Waals surface area contributed by atoms with Gasteiger partial charge in [-0.3, -0.25) is 14.6 Å². The molecule has 0 aromatic carbocycles. The smallest absolute Gasteiger partial charge is 0.151 e. The first-order valence-corrected chi connectivity index (χ1v) is 8.86. The molecule has 0 saturated heterocycles. The monoisotopic (exact) mass is 378 g/mol. The first-order valence-electron chi connectivity index (χ1n) is 8.86. The zero-order valence-corrected chi connectivity index (χ0v) is 15.5. The van der Waals surface area contributed by atoms with Crippen LogP contribution >= 0.6 is 0 Å². The van der Waals surface area contributed by atoms with Gasteiger partial charge < -0.3 is 10.4 Å². The van der Waals surface area contributed by atoms with Gasteiger partial charge in [-0.05, 0) is 44.2 Å². The van der Waals surface area contributed by atoms with E-state index in [9.17, 15) is 9.50 Å². The van der Waals surface area contributed by atoms with E-state index < -0.39 is 11.9 Å². The minimum Gasteiger partial charge on any atom is -0.391 e. The molecule has 4 aromatic heterocycles. The molecular formula is C20H19FN6O. The third kappa shape index (κ3) is 3.54. The average molecular weight is 378 g/mol. The van der Waals surface area contributed by atoms with E-state index in [1.165, 1.54) is 6.07 Å². The summed E-state index contributed by atoms with van der Waals surface area (Å²) in [6, 6.07) is 8.37. The van der Waals surface area contributed by atoms with Gasteiger partial charge in [0.1, 0.15) is 16.7 Å².